The van der Waals surface area contributed by atoms with Crippen molar-refractivity contribution >= 4 is 5.91 Å². The summed E-state index contributed by atoms with van der Waals surface area (Å²) in [5, 5.41) is 12.0. The van der Waals surface area contributed by atoms with Crippen LogP contribution in [0.25, 0.3) is 0 Å². The largest absolute Gasteiger partial charge is 0.508 e. The van der Waals surface area contributed by atoms with Gasteiger partial charge in [-0.3, -0.25) is 9.69 Å². The topological polar surface area (TPSA) is 61.8 Å². The van der Waals surface area contributed by atoms with Gasteiger partial charge < -0.3 is 15.2 Å². The molecule has 0 aromatic heterocycles. The van der Waals surface area contributed by atoms with Gasteiger partial charge in [-0.2, -0.15) is 0 Å². The fraction of sp³-hybridized carbons (Fsp3) is 0.462. The molecule has 1 aromatic carbocycles. The third kappa shape index (κ3) is 4.01. The van der Waals surface area contributed by atoms with Crippen LogP contribution in [0.5, 0.6) is 5.75 Å². The maximum atomic E-state index is 11.7. The highest BCUT2D eigenvalue weighted by molar-refractivity contribution is 5.78. The van der Waals surface area contributed by atoms with E-state index in [2.05, 4.69) is 10.2 Å². The van der Waals surface area contributed by atoms with Crippen molar-refractivity contribution in [2.45, 2.75) is 6.54 Å². The Kier molecular flexibility index (Phi) is 4.55. The van der Waals surface area contributed by atoms with Crippen LogP contribution >= 0.6 is 0 Å². The number of nitrogens with one attached hydrogen (secondary N) is 1. The number of morpholine rings is 1. The Labute approximate surface area is 106 Å². The molecule has 98 valence electrons. The van der Waals surface area contributed by atoms with Crippen LogP contribution in [-0.4, -0.2) is 48.8 Å². The Morgan fingerprint density at radius 3 is 2.61 bits per heavy atom. The van der Waals surface area contributed by atoms with Crippen molar-refractivity contribution in [3.8, 4) is 5.75 Å². The van der Waals surface area contributed by atoms with Crippen LogP contribution < -0.4 is 5.32 Å². The van der Waals surface area contributed by atoms with Crippen molar-refractivity contribution in [2.24, 2.45) is 0 Å². The molecule has 2 N–H and O–H groups in total. The van der Waals surface area contributed by atoms with E-state index in [1.54, 1.807) is 24.3 Å². The summed E-state index contributed by atoms with van der Waals surface area (Å²) < 4.78 is 5.22. The van der Waals surface area contributed by atoms with Gasteiger partial charge in [-0.05, 0) is 17.7 Å². The minimum Gasteiger partial charge on any atom is -0.508 e. The summed E-state index contributed by atoms with van der Waals surface area (Å²) in [6.45, 7) is 3.93. The zero-order valence-corrected chi connectivity index (χ0v) is 10.3. The first-order chi connectivity index (χ1) is 8.74. The molecule has 0 radical (unpaired) electrons. The maximum Gasteiger partial charge on any atom is 0.234 e. The smallest absolute Gasteiger partial charge is 0.234 e. The summed E-state index contributed by atoms with van der Waals surface area (Å²) in [5.41, 5.74) is 0.975. The van der Waals surface area contributed by atoms with Crippen molar-refractivity contribution in [1.82, 2.24) is 10.2 Å². The van der Waals surface area contributed by atoms with E-state index in [0.717, 1.165) is 18.7 Å². The van der Waals surface area contributed by atoms with Crippen LogP contribution in [-0.2, 0) is 16.1 Å². The van der Waals surface area contributed by atoms with E-state index in [9.17, 15) is 4.79 Å². The van der Waals surface area contributed by atoms with Crippen LogP contribution in [0.2, 0.25) is 0 Å². The number of carbonyl (C=O) groups is 1. The van der Waals surface area contributed by atoms with Crippen molar-refractivity contribution in [2.75, 3.05) is 32.8 Å². The number of amides is 1. The van der Waals surface area contributed by atoms with E-state index in [1.165, 1.54) is 0 Å². The van der Waals surface area contributed by atoms with Crippen molar-refractivity contribution in [1.29, 1.82) is 0 Å². The number of phenolic OH excluding ortho intramolecular Hbond substituents is 1. The van der Waals surface area contributed by atoms with Crippen LogP contribution in [0.15, 0.2) is 24.3 Å². The highest BCUT2D eigenvalue weighted by Crippen LogP contribution is 2.09. The Morgan fingerprint density at radius 1 is 1.28 bits per heavy atom. The second kappa shape index (κ2) is 6.37. The molecule has 1 saturated heterocycles. The van der Waals surface area contributed by atoms with Crippen LogP contribution in [0.4, 0.5) is 0 Å². The maximum absolute atomic E-state index is 11.7. The predicted molar refractivity (Wildman–Crippen MR) is 67.2 cm³/mol. The Bertz CT molecular complexity index is 386. The second-order valence-corrected chi connectivity index (χ2v) is 4.33. The Hall–Kier alpha value is -1.59. The van der Waals surface area contributed by atoms with Crippen molar-refractivity contribution in [3.63, 3.8) is 0 Å². The highest BCUT2D eigenvalue weighted by Gasteiger charge is 2.13. The van der Waals surface area contributed by atoms with E-state index in [1.807, 2.05) is 0 Å². The van der Waals surface area contributed by atoms with E-state index in [4.69, 9.17) is 9.84 Å². The molecule has 1 aliphatic rings. The van der Waals surface area contributed by atoms with Gasteiger partial charge in [0.2, 0.25) is 5.91 Å². The van der Waals surface area contributed by atoms with E-state index >= 15 is 0 Å². The summed E-state index contributed by atoms with van der Waals surface area (Å²) >= 11 is 0. The summed E-state index contributed by atoms with van der Waals surface area (Å²) in [6.07, 6.45) is 0. The van der Waals surface area contributed by atoms with Gasteiger partial charge in [-0.25, -0.2) is 0 Å². The molecule has 1 amide bonds. The number of ether oxygens (including phenoxy) is 1. The lowest BCUT2D eigenvalue weighted by atomic mass is 10.2. The molecule has 2 rings (SSSR count). The van der Waals surface area contributed by atoms with Crippen LogP contribution in [0.3, 0.4) is 0 Å². The molecule has 1 fully saturated rings. The Balaban J connectivity index is 1.72. The zero-order valence-electron chi connectivity index (χ0n) is 10.3. The molecule has 5 nitrogen and oxygen atoms in total. The van der Waals surface area contributed by atoms with Gasteiger partial charge in [0.05, 0.1) is 19.8 Å². The molecule has 1 heterocycles. The molecule has 0 atom stereocenters. The fourth-order valence-electron chi connectivity index (χ4n) is 1.83. The van der Waals surface area contributed by atoms with Gasteiger partial charge in [0.25, 0.3) is 0 Å². The summed E-state index contributed by atoms with van der Waals surface area (Å²) in [6, 6.07) is 6.82. The second-order valence-electron chi connectivity index (χ2n) is 4.33. The predicted octanol–water partition coefficient (Wildman–Crippen LogP) is 0.341. The highest BCUT2D eigenvalue weighted by atomic mass is 16.5. The molecule has 1 aliphatic heterocycles. The Morgan fingerprint density at radius 2 is 1.94 bits per heavy atom. The van der Waals surface area contributed by atoms with Gasteiger partial charge in [-0.15, -0.1) is 0 Å². The number of hydrogen-bond donors (Lipinski definition) is 2. The molecule has 0 bridgehead atoms. The third-order valence-corrected chi connectivity index (χ3v) is 2.90. The minimum atomic E-state index is 0.0185. The van der Waals surface area contributed by atoms with Gasteiger partial charge in [-0.1, -0.05) is 12.1 Å². The van der Waals surface area contributed by atoms with Crippen molar-refractivity contribution in [3.05, 3.63) is 29.8 Å². The van der Waals surface area contributed by atoms with Gasteiger partial charge in [0, 0.05) is 19.6 Å². The van der Waals surface area contributed by atoms with E-state index in [0.29, 0.717) is 26.3 Å². The average molecular weight is 250 g/mol. The van der Waals surface area contributed by atoms with Crippen LogP contribution in [0.1, 0.15) is 5.56 Å². The molecule has 0 unspecified atom stereocenters. The number of benzene rings is 1. The van der Waals surface area contributed by atoms with Crippen molar-refractivity contribution < 1.29 is 14.6 Å². The third-order valence-electron chi connectivity index (χ3n) is 2.90. The molecular formula is C13H18N2O3. The molecule has 1 aromatic rings. The quantitative estimate of drug-likeness (QED) is 0.809. The fourth-order valence-corrected chi connectivity index (χ4v) is 1.83. The minimum absolute atomic E-state index is 0.0185. The van der Waals surface area contributed by atoms with Gasteiger partial charge in [0.15, 0.2) is 0 Å². The molecule has 0 spiro atoms. The lowest BCUT2D eigenvalue weighted by Crippen LogP contribution is -2.43. The lowest BCUT2D eigenvalue weighted by molar-refractivity contribution is -0.123. The normalized spacial score (nSPS) is 16.4. The number of hydrogen-bond acceptors (Lipinski definition) is 4. The number of carbonyl (C=O) groups excluding carboxylic acids is 1. The number of rotatable bonds is 4. The summed E-state index contributed by atoms with van der Waals surface area (Å²) in [7, 11) is 0. The first-order valence-corrected chi connectivity index (χ1v) is 6.09. The van der Waals surface area contributed by atoms with Crippen LogP contribution in [0, 0.1) is 0 Å². The summed E-state index contributed by atoms with van der Waals surface area (Å²) in [4.78, 5) is 13.8. The van der Waals surface area contributed by atoms with Gasteiger partial charge >= 0.3 is 0 Å². The first kappa shape index (κ1) is 12.9. The standard InChI is InChI=1S/C13H18N2O3/c16-12-3-1-11(2-4-12)9-14-13(17)10-15-5-7-18-8-6-15/h1-4,16H,5-10H2,(H,14,17). The van der Waals surface area contributed by atoms with E-state index < -0.39 is 0 Å². The van der Waals surface area contributed by atoms with Gasteiger partial charge in [0.1, 0.15) is 5.75 Å². The molecule has 18 heavy (non-hydrogen) atoms. The molecular weight excluding hydrogens is 232 g/mol. The molecule has 5 heteroatoms. The SMILES string of the molecule is O=C(CN1CCOCC1)NCc1ccc(O)cc1. The lowest BCUT2D eigenvalue weighted by Gasteiger charge is -2.25. The monoisotopic (exact) mass is 250 g/mol. The van der Waals surface area contributed by atoms with E-state index in [-0.39, 0.29) is 11.7 Å². The molecule has 0 aliphatic carbocycles. The molecule has 0 saturated carbocycles. The number of aromatic hydroxyl groups is 1. The average Bonchev–Trinajstić information content (AvgIpc) is 2.39. The first-order valence-electron chi connectivity index (χ1n) is 6.09. The summed E-state index contributed by atoms with van der Waals surface area (Å²) in [5.74, 6) is 0.253. The number of nitrogens with zero attached hydrogens (tertiary/aromatic N) is 1. The number of phenols is 1. The zero-order chi connectivity index (χ0) is 12.8.